The Bertz CT molecular complexity index is 513. The molecule has 90 valence electrons. The fourth-order valence-electron chi connectivity index (χ4n) is 1.58. The molecular weight excluding hydrogens is 308 g/mol. The van der Waals surface area contributed by atoms with Gasteiger partial charge in [-0.05, 0) is 56.9 Å². The maximum absolute atomic E-state index is 13.7. The Kier molecular flexibility index (Phi) is 3.91. The average Bonchev–Trinajstić information content (AvgIpc) is 2.83. The van der Waals surface area contributed by atoms with Gasteiger partial charge in [-0.25, -0.2) is 8.78 Å². The summed E-state index contributed by atoms with van der Waals surface area (Å²) in [6.07, 6.45) is 0.147. The molecule has 1 heterocycles. The maximum Gasteiger partial charge on any atom is 0.143 e. The largest absolute Gasteiger partial charge is 0.324 e. The molecule has 1 nitrogen and oxygen atoms in total. The SMILES string of the molecule is NC(Cc1c(F)ccc(Br)c1F)c1ccsc1. The van der Waals surface area contributed by atoms with Crippen LogP contribution in [0.2, 0.25) is 0 Å². The zero-order chi connectivity index (χ0) is 12.4. The fourth-order valence-corrected chi connectivity index (χ4v) is 2.68. The van der Waals surface area contributed by atoms with E-state index in [4.69, 9.17) is 5.73 Å². The molecule has 5 heteroatoms. The first kappa shape index (κ1) is 12.7. The Morgan fingerprint density at radius 3 is 2.71 bits per heavy atom. The molecule has 1 aromatic carbocycles. The van der Waals surface area contributed by atoms with Crippen molar-refractivity contribution in [3.05, 3.63) is 56.2 Å². The van der Waals surface area contributed by atoms with Gasteiger partial charge in [0, 0.05) is 11.6 Å². The third-order valence-corrected chi connectivity index (χ3v) is 3.85. The van der Waals surface area contributed by atoms with Crippen LogP contribution in [0.25, 0.3) is 0 Å². The minimum atomic E-state index is -0.573. The highest BCUT2D eigenvalue weighted by Gasteiger charge is 2.16. The van der Waals surface area contributed by atoms with Crippen LogP contribution in [0.1, 0.15) is 17.2 Å². The van der Waals surface area contributed by atoms with Gasteiger partial charge in [0.25, 0.3) is 0 Å². The minimum Gasteiger partial charge on any atom is -0.324 e. The summed E-state index contributed by atoms with van der Waals surface area (Å²) >= 11 is 4.55. The number of benzene rings is 1. The van der Waals surface area contributed by atoms with Crippen molar-refractivity contribution < 1.29 is 8.78 Å². The van der Waals surface area contributed by atoms with Gasteiger partial charge in [0.15, 0.2) is 0 Å². The summed E-state index contributed by atoms with van der Waals surface area (Å²) in [4.78, 5) is 0. The lowest BCUT2D eigenvalue weighted by molar-refractivity contribution is 0.536. The quantitative estimate of drug-likeness (QED) is 0.850. The van der Waals surface area contributed by atoms with Gasteiger partial charge in [0.05, 0.1) is 4.47 Å². The third-order valence-electron chi connectivity index (χ3n) is 2.53. The van der Waals surface area contributed by atoms with E-state index in [9.17, 15) is 8.78 Å². The number of hydrogen-bond acceptors (Lipinski definition) is 2. The molecule has 1 aromatic heterocycles. The summed E-state index contributed by atoms with van der Waals surface area (Å²) in [7, 11) is 0. The smallest absolute Gasteiger partial charge is 0.143 e. The lowest BCUT2D eigenvalue weighted by Crippen LogP contribution is -2.14. The zero-order valence-electron chi connectivity index (χ0n) is 8.79. The predicted molar refractivity (Wildman–Crippen MR) is 69.0 cm³/mol. The Labute approximate surface area is 110 Å². The standard InChI is InChI=1S/C12H10BrF2NS/c13-9-1-2-10(14)8(12(9)15)5-11(16)7-3-4-17-6-7/h1-4,6,11H,5,16H2. The summed E-state index contributed by atoms with van der Waals surface area (Å²) in [6, 6.07) is 4.07. The molecule has 2 rings (SSSR count). The van der Waals surface area contributed by atoms with Gasteiger partial charge in [-0.2, -0.15) is 11.3 Å². The van der Waals surface area contributed by atoms with E-state index in [0.29, 0.717) is 0 Å². The van der Waals surface area contributed by atoms with Crippen LogP contribution in [-0.4, -0.2) is 0 Å². The fraction of sp³-hybridized carbons (Fsp3) is 0.167. The molecule has 1 atom stereocenters. The summed E-state index contributed by atoms with van der Waals surface area (Å²) < 4.78 is 27.5. The van der Waals surface area contributed by atoms with Crippen LogP contribution in [0.15, 0.2) is 33.4 Å². The summed E-state index contributed by atoms with van der Waals surface area (Å²) in [5, 5.41) is 3.78. The van der Waals surface area contributed by atoms with Gasteiger partial charge in [-0.15, -0.1) is 0 Å². The first-order valence-corrected chi connectivity index (χ1v) is 6.73. The summed E-state index contributed by atoms with van der Waals surface area (Å²) in [5.41, 5.74) is 6.84. The highest BCUT2D eigenvalue weighted by atomic mass is 79.9. The van der Waals surface area contributed by atoms with Crippen molar-refractivity contribution in [2.24, 2.45) is 5.73 Å². The van der Waals surface area contributed by atoms with E-state index >= 15 is 0 Å². The Hall–Kier alpha value is -0.780. The molecule has 0 aliphatic carbocycles. The Balaban J connectivity index is 2.27. The Morgan fingerprint density at radius 1 is 1.29 bits per heavy atom. The molecule has 2 aromatic rings. The van der Waals surface area contributed by atoms with Gasteiger partial charge >= 0.3 is 0 Å². The van der Waals surface area contributed by atoms with Gasteiger partial charge in [-0.1, -0.05) is 0 Å². The molecule has 0 fully saturated rings. The van der Waals surface area contributed by atoms with Crippen LogP contribution >= 0.6 is 27.3 Å². The molecule has 0 spiro atoms. The number of nitrogens with two attached hydrogens (primary N) is 1. The highest BCUT2D eigenvalue weighted by molar-refractivity contribution is 9.10. The molecule has 0 bridgehead atoms. The molecule has 0 aliphatic heterocycles. The van der Waals surface area contributed by atoms with Gasteiger partial charge < -0.3 is 5.73 Å². The number of rotatable bonds is 3. The normalized spacial score (nSPS) is 12.7. The second-order valence-electron chi connectivity index (χ2n) is 3.69. The minimum absolute atomic E-state index is 0.0260. The van der Waals surface area contributed by atoms with Crippen LogP contribution in [-0.2, 0) is 6.42 Å². The van der Waals surface area contributed by atoms with Crippen LogP contribution < -0.4 is 5.73 Å². The van der Waals surface area contributed by atoms with E-state index in [0.717, 1.165) is 5.56 Å². The molecule has 0 radical (unpaired) electrons. The maximum atomic E-state index is 13.7. The van der Waals surface area contributed by atoms with E-state index in [2.05, 4.69) is 15.9 Å². The van der Waals surface area contributed by atoms with E-state index in [-0.39, 0.29) is 22.5 Å². The van der Waals surface area contributed by atoms with Crippen molar-refractivity contribution in [1.82, 2.24) is 0 Å². The molecule has 0 saturated carbocycles. The summed E-state index contributed by atoms with van der Waals surface area (Å²) in [5.74, 6) is -1.13. The third kappa shape index (κ3) is 2.73. The first-order chi connectivity index (χ1) is 8.09. The zero-order valence-corrected chi connectivity index (χ0v) is 11.2. The molecule has 0 aliphatic rings. The van der Waals surface area contributed by atoms with Crippen LogP contribution in [0.5, 0.6) is 0 Å². The second-order valence-corrected chi connectivity index (χ2v) is 5.32. The number of halogens is 3. The van der Waals surface area contributed by atoms with E-state index in [1.807, 2.05) is 16.8 Å². The van der Waals surface area contributed by atoms with Crippen molar-refractivity contribution in [3.63, 3.8) is 0 Å². The van der Waals surface area contributed by atoms with Crippen molar-refractivity contribution in [2.75, 3.05) is 0 Å². The number of thiophene rings is 1. The van der Waals surface area contributed by atoms with Gasteiger partial charge in [0.2, 0.25) is 0 Å². The van der Waals surface area contributed by atoms with E-state index < -0.39 is 11.6 Å². The van der Waals surface area contributed by atoms with Crippen LogP contribution in [0, 0.1) is 11.6 Å². The highest BCUT2D eigenvalue weighted by Crippen LogP contribution is 2.26. The molecular formula is C12H10BrF2NS. The molecule has 1 unspecified atom stereocenters. The molecule has 0 saturated heterocycles. The van der Waals surface area contributed by atoms with Gasteiger partial charge in [0.1, 0.15) is 11.6 Å². The van der Waals surface area contributed by atoms with Crippen molar-refractivity contribution in [1.29, 1.82) is 0 Å². The lowest BCUT2D eigenvalue weighted by atomic mass is 10.0. The van der Waals surface area contributed by atoms with E-state index in [1.165, 1.54) is 23.5 Å². The van der Waals surface area contributed by atoms with Crippen molar-refractivity contribution >= 4 is 27.3 Å². The van der Waals surface area contributed by atoms with Crippen molar-refractivity contribution in [2.45, 2.75) is 12.5 Å². The molecule has 2 N–H and O–H groups in total. The summed E-state index contributed by atoms with van der Waals surface area (Å²) in [6.45, 7) is 0. The van der Waals surface area contributed by atoms with Crippen LogP contribution in [0.4, 0.5) is 8.78 Å². The van der Waals surface area contributed by atoms with Gasteiger partial charge in [-0.3, -0.25) is 0 Å². The lowest BCUT2D eigenvalue weighted by Gasteiger charge is -2.12. The Morgan fingerprint density at radius 2 is 2.06 bits per heavy atom. The van der Waals surface area contributed by atoms with Crippen LogP contribution in [0.3, 0.4) is 0 Å². The second kappa shape index (κ2) is 5.25. The van der Waals surface area contributed by atoms with E-state index in [1.54, 1.807) is 0 Å². The first-order valence-electron chi connectivity index (χ1n) is 4.99. The topological polar surface area (TPSA) is 26.0 Å². The average molecular weight is 318 g/mol. The monoisotopic (exact) mass is 317 g/mol. The predicted octanol–water partition coefficient (Wildman–Crippen LogP) is 4.03. The van der Waals surface area contributed by atoms with Crippen molar-refractivity contribution in [3.8, 4) is 0 Å². The molecule has 0 amide bonds. The molecule has 17 heavy (non-hydrogen) atoms. The number of hydrogen-bond donors (Lipinski definition) is 1.